The fraction of sp³-hybridized carbons (Fsp3) is 0.158. The van der Waals surface area contributed by atoms with Crippen LogP contribution in [0.2, 0.25) is 5.02 Å². The number of anilines is 1. The fourth-order valence-electron chi connectivity index (χ4n) is 2.14. The van der Waals surface area contributed by atoms with Crippen LogP contribution in [0.4, 0.5) is 5.13 Å². The summed E-state index contributed by atoms with van der Waals surface area (Å²) in [5.74, 6) is 1.26. The van der Waals surface area contributed by atoms with Gasteiger partial charge in [-0.3, -0.25) is 4.79 Å². The van der Waals surface area contributed by atoms with E-state index in [-0.39, 0.29) is 5.91 Å². The molecule has 0 aliphatic rings. The highest BCUT2D eigenvalue weighted by molar-refractivity contribution is 8.00. The van der Waals surface area contributed by atoms with Crippen molar-refractivity contribution in [3.05, 3.63) is 64.7 Å². The maximum Gasteiger partial charge on any atom is 0.227 e. The number of nitrogens with one attached hydrogen (secondary N) is 1. The van der Waals surface area contributed by atoms with Gasteiger partial charge in [-0.05, 0) is 29.8 Å². The van der Waals surface area contributed by atoms with Crippen LogP contribution in [-0.4, -0.2) is 21.9 Å². The zero-order valence-electron chi connectivity index (χ0n) is 14.6. The molecule has 0 aliphatic heterocycles. The molecule has 9 heteroatoms. The number of amides is 1. The number of carbonyl (C=O) groups excluding carboxylic acids is 1. The maximum absolute atomic E-state index is 12.1. The van der Waals surface area contributed by atoms with Gasteiger partial charge in [0.2, 0.25) is 11.0 Å². The quantitative estimate of drug-likeness (QED) is 0.364. The normalized spacial score (nSPS) is 10.4. The Labute approximate surface area is 180 Å². The van der Waals surface area contributed by atoms with E-state index in [1.165, 1.54) is 11.3 Å². The molecule has 2 aromatic carbocycles. The summed E-state index contributed by atoms with van der Waals surface area (Å²) < 4.78 is 0.783. The van der Waals surface area contributed by atoms with Crippen molar-refractivity contribution in [2.45, 2.75) is 21.4 Å². The van der Waals surface area contributed by atoms with E-state index in [1.54, 1.807) is 35.7 Å². The van der Waals surface area contributed by atoms with Gasteiger partial charge in [-0.1, -0.05) is 59.0 Å². The van der Waals surface area contributed by atoms with Crippen LogP contribution in [0.5, 0.6) is 0 Å². The molecular formula is C19H15ClN4OS3. The van der Waals surface area contributed by atoms with Gasteiger partial charge in [-0.15, -0.1) is 22.0 Å². The molecule has 5 nitrogen and oxygen atoms in total. The van der Waals surface area contributed by atoms with Crippen LogP contribution in [0.1, 0.15) is 17.5 Å². The lowest BCUT2D eigenvalue weighted by atomic mass is 10.2. The zero-order chi connectivity index (χ0) is 19.8. The summed E-state index contributed by atoms with van der Waals surface area (Å²) >= 11 is 10.5. The number of nitriles is 1. The average Bonchev–Trinajstić information content (AvgIpc) is 3.15. The molecule has 3 aromatic rings. The largest absolute Gasteiger partial charge is 0.300 e. The highest BCUT2D eigenvalue weighted by Crippen LogP contribution is 2.29. The number of benzene rings is 2. The van der Waals surface area contributed by atoms with E-state index in [2.05, 4.69) is 21.6 Å². The summed E-state index contributed by atoms with van der Waals surface area (Å²) in [7, 11) is 0. The molecule has 142 valence electrons. The molecule has 0 saturated carbocycles. The van der Waals surface area contributed by atoms with Crippen molar-refractivity contribution < 1.29 is 4.79 Å². The first-order valence-electron chi connectivity index (χ1n) is 8.26. The van der Waals surface area contributed by atoms with Gasteiger partial charge in [0.05, 0.1) is 16.7 Å². The molecule has 0 radical (unpaired) electrons. The van der Waals surface area contributed by atoms with E-state index < -0.39 is 0 Å². The Balaban J connectivity index is 1.42. The van der Waals surface area contributed by atoms with E-state index in [4.69, 9.17) is 16.9 Å². The Hall–Kier alpha value is -2.05. The number of aromatic nitrogens is 2. The van der Waals surface area contributed by atoms with Gasteiger partial charge in [-0.25, -0.2) is 0 Å². The third-order valence-electron chi connectivity index (χ3n) is 3.52. The van der Waals surface area contributed by atoms with Gasteiger partial charge in [0, 0.05) is 22.8 Å². The summed E-state index contributed by atoms with van der Waals surface area (Å²) in [6, 6.07) is 17.1. The summed E-state index contributed by atoms with van der Waals surface area (Å²) in [6.45, 7) is 0. The van der Waals surface area contributed by atoms with Crippen LogP contribution >= 0.6 is 46.5 Å². The maximum atomic E-state index is 12.1. The molecule has 1 amide bonds. The Morgan fingerprint density at radius 3 is 2.68 bits per heavy atom. The topological polar surface area (TPSA) is 78.7 Å². The van der Waals surface area contributed by atoms with Crippen molar-refractivity contribution in [1.82, 2.24) is 10.2 Å². The third-order valence-corrected chi connectivity index (χ3v) is 7.08. The van der Waals surface area contributed by atoms with E-state index in [0.717, 1.165) is 20.6 Å². The van der Waals surface area contributed by atoms with Crippen molar-refractivity contribution in [1.29, 1.82) is 5.26 Å². The van der Waals surface area contributed by atoms with Crippen LogP contribution in [0.25, 0.3) is 0 Å². The van der Waals surface area contributed by atoms with E-state index in [9.17, 15) is 4.79 Å². The van der Waals surface area contributed by atoms with E-state index >= 15 is 0 Å². The number of carbonyl (C=O) groups is 1. The van der Waals surface area contributed by atoms with Gasteiger partial charge in [0.1, 0.15) is 0 Å². The first kappa shape index (κ1) is 20.7. The molecule has 0 saturated heterocycles. The van der Waals surface area contributed by atoms with Crippen LogP contribution in [0, 0.1) is 11.3 Å². The van der Waals surface area contributed by atoms with Crippen molar-refractivity contribution in [2.24, 2.45) is 0 Å². The minimum Gasteiger partial charge on any atom is -0.300 e. The number of hydrogen-bond acceptors (Lipinski definition) is 7. The standard InChI is InChI=1S/C19H15ClN4OS3/c20-15-3-1-2-4-16(15)26-10-9-17(25)22-18-23-24-19(28-18)27-12-14-7-5-13(11-21)6-8-14/h1-8H,9-10,12H2,(H,22,23,25). The highest BCUT2D eigenvalue weighted by Gasteiger charge is 2.10. The van der Waals surface area contributed by atoms with Gasteiger partial charge < -0.3 is 5.32 Å². The van der Waals surface area contributed by atoms with Crippen LogP contribution in [-0.2, 0) is 10.5 Å². The number of thioether (sulfide) groups is 2. The molecule has 0 atom stereocenters. The highest BCUT2D eigenvalue weighted by atomic mass is 35.5. The third kappa shape index (κ3) is 6.24. The monoisotopic (exact) mass is 446 g/mol. The van der Waals surface area contributed by atoms with Crippen molar-refractivity contribution in [3.8, 4) is 6.07 Å². The Bertz CT molecular complexity index is 985. The molecule has 0 spiro atoms. The number of rotatable bonds is 8. The number of halogens is 1. The van der Waals surface area contributed by atoms with Crippen LogP contribution in [0.3, 0.4) is 0 Å². The van der Waals surface area contributed by atoms with Gasteiger partial charge >= 0.3 is 0 Å². The summed E-state index contributed by atoms with van der Waals surface area (Å²) in [5.41, 5.74) is 1.74. The second kappa shape index (κ2) is 10.5. The number of hydrogen-bond donors (Lipinski definition) is 1. The van der Waals surface area contributed by atoms with Crippen molar-refractivity contribution >= 4 is 57.5 Å². The first-order valence-corrected chi connectivity index (χ1v) is 11.4. The van der Waals surface area contributed by atoms with E-state index in [1.807, 2.05) is 36.4 Å². The zero-order valence-corrected chi connectivity index (χ0v) is 17.8. The predicted octanol–water partition coefficient (Wildman–Crippen LogP) is 5.48. The minimum atomic E-state index is -0.0978. The summed E-state index contributed by atoms with van der Waals surface area (Å²) in [6.07, 6.45) is 0.364. The summed E-state index contributed by atoms with van der Waals surface area (Å²) in [5, 5.41) is 20.9. The fourth-order valence-corrected chi connectivity index (χ4v) is 5.05. The Morgan fingerprint density at radius 1 is 1.14 bits per heavy atom. The lowest BCUT2D eigenvalue weighted by Crippen LogP contribution is -2.11. The predicted molar refractivity (Wildman–Crippen MR) is 116 cm³/mol. The first-order chi connectivity index (χ1) is 13.6. The number of nitrogens with zero attached hydrogens (tertiary/aromatic N) is 3. The molecule has 3 rings (SSSR count). The second-order valence-electron chi connectivity index (χ2n) is 5.55. The Morgan fingerprint density at radius 2 is 1.93 bits per heavy atom. The van der Waals surface area contributed by atoms with Gasteiger partial charge in [-0.2, -0.15) is 5.26 Å². The smallest absolute Gasteiger partial charge is 0.227 e. The van der Waals surface area contributed by atoms with E-state index in [0.29, 0.717) is 27.9 Å². The minimum absolute atomic E-state index is 0.0978. The van der Waals surface area contributed by atoms with Crippen molar-refractivity contribution in [3.63, 3.8) is 0 Å². The molecule has 1 N–H and O–H groups in total. The second-order valence-corrected chi connectivity index (χ2v) is 9.29. The Kier molecular flexibility index (Phi) is 7.74. The lowest BCUT2D eigenvalue weighted by Gasteiger charge is -2.03. The lowest BCUT2D eigenvalue weighted by molar-refractivity contribution is -0.115. The van der Waals surface area contributed by atoms with Gasteiger partial charge in [0.15, 0.2) is 4.34 Å². The van der Waals surface area contributed by atoms with Gasteiger partial charge in [0.25, 0.3) is 0 Å². The SMILES string of the molecule is N#Cc1ccc(CSc2nnc(NC(=O)CCSc3ccccc3Cl)s2)cc1. The molecular weight excluding hydrogens is 432 g/mol. The molecule has 28 heavy (non-hydrogen) atoms. The molecule has 1 heterocycles. The molecule has 0 unspecified atom stereocenters. The molecule has 0 aliphatic carbocycles. The summed E-state index contributed by atoms with van der Waals surface area (Å²) in [4.78, 5) is 13.1. The van der Waals surface area contributed by atoms with Crippen LogP contribution in [0.15, 0.2) is 57.8 Å². The van der Waals surface area contributed by atoms with Crippen LogP contribution < -0.4 is 5.32 Å². The van der Waals surface area contributed by atoms with Crippen molar-refractivity contribution in [2.75, 3.05) is 11.1 Å². The molecule has 0 fully saturated rings. The molecule has 0 bridgehead atoms. The molecule has 1 aromatic heterocycles. The average molecular weight is 447 g/mol.